The number of nitrogens with zero attached hydrogens (tertiary/aromatic N) is 1. The molecular weight excluding hydrogens is 291 g/mol. The van der Waals surface area contributed by atoms with E-state index < -0.39 is 46.1 Å². The van der Waals surface area contributed by atoms with Crippen molar-refractivity contribution in [2.45, 2.75) is 23.9 Å². The smallest absolute Gasteiger partial charge is 0.323 e. The summed E-state index contributed by atoms with van der Waals surface area (Å²) in [6.45, 7) is -0.953. The molecule has 0 aromatic carbocycles. The Hall–Kier alpha value is -1.36. The minimum Gasteiger partial charge on any atom is -0.323 e. The number of nitrogens with one attached hydrogen (secondary N) is 2. The van der Waals surface area contributed by atoms with Crippen LogP contribution in [0.2, 0.25) is 0 Å². The summed E-state index contributed by atoms with van der Waals surface area (Å²) in [6.07, 6.45) is -0.389. The molecule has 2 aliphatic heterocycles. The van der Waals surface area contributed by atoms with Gasteiger partial charge in [-0.3, -0.25) is 10.1 Å². The Morgan fingerprint density at radius 2 is 1.68 bits per heavy atom. The van der Waals surface area contributed by atoms with Crippen molar-refractivity contribution in [1.82, 2.24) is 14.9 Å². The zero-order valence-electron chi connectivity index (χ0n) is 9.45. The van der Waals surface area contributed by atoms with E-state index in [1.54, 1.807) is 0 Å². The van der Waals surface area contributed by atoms with Crippen LogP contribution in [0.1, 0.15) is 12.8 Å². The number of piperidine rings is 1. The molecule has 11 heteroatoms. The molecule has 0 aromatic heterocycles. The normalized spacial score (nSPS) is 24.4. The lowest BCUT2D eigenvalue weighted by Crippen LogP contribution is -2.57. The molecule has 7 nitrogen and oxygen atoms in total. The second-order valence-corrected chi connectivity index (χ2v) is 6.27. The van der Waals surface area contributed by atoms with Gasteiger partial charge in [0.2, 0.25) is 0 Å². The Morgan fingerprint density at radius 1 is 1.16 bits per heavy atom. The first-order valence-electron chi connectivity index (χ1n) is 5.28. The fraction of sp³-hybridized carbons (Fsp3) is 0.750. The van der Waals surface area contributed by atoms with Crippen LogP contribution in [0, 0.1) is 0 Å². The van der Waals surface area contributed by atoms with Crippen LogP contribution >= 0.6 is 0 Å². The van der Waals surface area contributed by atoms with Gasteiger partial charge in [-0.2, -0.15) is 17.5 Å². The third-order valence-electron chi connectivity index (χ3n) is 3.22. The van der Waals surface area contributed by atoms with E-state index in [-0.39, 0.29) is 17.1 Å². The van der Waals surface area contributed by atoms with Gasteiger partial charge in [0.15, 0.2) is 0 Å². The average Bonchev–Trinajstić information content (AvgIpc) is 2.53. The SMILES string of the molecule is O=C1NC(=O)C2(CCN(S(=O)(=O)C(F)(F)F)CC2)N1. The maximum atomic E-state index is 12.3. The highest BCUT2D eigenvalue weighted by Gasteiger charge is 2.54. The van der Waals surface area contributed by atoms with Crippen molar-refractivity contribution in [2.75, 3.05) is 13.1 Å². The molecule has 0 saturated carbocycles. The molecule has 19 heavy (non-hydrogen) atoms. The molecule has 2 saturated heterocycles. The molecule has 2 aliphatic rings. The van der Waals surface area contributed by atoms with E-state index in [1.807, 2.05) is 5.32 Å². The molecule has 2 N–H and O–H groups in total. The highest BCUT2D eigenvalue weighted by molar-refractivity contribution is 7.90. The Balaban J connectivity index is 2.13. The summed E-state index contributed by atoms with van der Waals surface area (Å²) >= 11 is 0. The first-order valence-corrected chi connectivity index (χ1v) is 6.72. The minimum absolute atomic E-state index is 0.195. The lowest BCUT2D eigenvalue weighted by atomic mass is 9.89. The lowest BCUT2D eigenvalue weighted by Gasteiger charge is -2.36. The Morgan fingerprint density at radius 3 is 2.05 bits per heavy atom. The predicted molar refractivity (Wildman–Crippen MR) is 55.2 cm³/mol. The van der Waals surface area contributed by atoms with Crippen LogP contribution in [-0.2, 0) is 14.8 Å². The number of rotatable bonds is 1. The number of halogens is 3. The van der Waals surface area contributed by atoms with Gasteiger partial charge >= 0.3 is 21.6 Å². The summed E-state index contributed by atoms with van der Waals surface area (Å²) in [5.74, 6) is -0.637. The van der Waals surface area contributed by atoms with Crippen LogP contribution in [0.4, 0.5) is 18.0 Å². The first-order chi connectivity index (χ1) is 8.58. The monoisotopic (exact) mass is 301 g/mol. The summed E-state index contributed by atoms with van der Waals surface area (Å²) < 4.78 is 59.7. The van der Waals surface area contributed by atoms with Gasteiger partial charge in [0.05, 0.1) is 0 Å². The number of urea groups is 1. The average molecular weight is 301 g/mol. The molecule has 0 radical (unpaired) electrons. The number of hydrogen-bond donors (Lipinski definition) is 2. The predicted octanol–water partition coefficient (Wildman–Crippen LogP) is -0.490. The lowest BCUT2D eigenvalue weighted by molar-refractivity contribution is -0.125. The van der Waals surface area contributed by atoms with Crippen molar-refractivity contribution in [1.29, 1.82) is 0 Å². The van der Waals surface area contributed by atoms with Gasteiger partial charge in [-0.15, -0.1) is 0 Å². The molecule has 0 aliphatic carbocycles. The maximum absolute atomic E-state index is 12.3. The van der Waals surface area contributed by atoms with Crippen molar-refractivity contribution in [3.05, 3.63) is 0 Å². The Bertz CT molecular complexity index is 522. The molecule has 2 rings (SSSR count). The van der Waals surface area contributed by atoms with Crippen LogP contribution < -0.4 is 10.6 Å². The molecule has 3 amide bonds. The van der Waals surface area contributed by atoms with Crippen molar-refractivity contribution >= 4 is 22.0 Å². The van der Waals surface area contributed by atoms with Crippen LogP contribution in [-0.4, -0.2) is 48.8 Å². The van der Waals surface area contributed by atoms with Gasteiger partial charge in [-0.1, -0.05) is 0 Å². The zero-order valence-corrected chi connectivity index (χ0v) is 10.3. The fourth-order valence-electron chi connectivity index (χ4n) is 2.13. The molecule has 1 spiro atoms. The number of hydrogen-bond acceptors (Lipinski definition) is 4. The highest BCUT2D eigenvalue weighted by atomic mass is 32.2. The van der Waals surface area contributed by atoms with E-state index in [9.17, 15) is 31.2 Å². The van der Waals surface area contributed by atoms with Gasteiger partial charge in [0.1, 0.15) is 5.54 Å². The van der Waals surface area contributed by atoms with Gasteiger partial charge in [-0.25, -0.2) is 13.2 Å². The summed E-state index contributed by atoms with van der Waals surface area (Å²) in [4.78, 5) is 22.5. The molecule has 0 unspecified atom stereocenters. The molecule has 2 fully saturated rings. The molecule has 0 aromatic rings. The number of carbonyl (C=O) groups is 2. The first kappa shape index (κ1) is 14.1. The van der Waals surface area contributed by atoms with E-state index in [2.05, 4.69) is 5.32 Å². The summed E-state index contributed by atoms with van der Waals surface area (Å²) in [5.41, 5.74) is -6.66. The standard InChI is InChI=1S/C8H10F3N3O4S/c9-8(10,11)19(17,18)14-3-1-7(2-4-14)5(15)12-6(16)13-7/h1-4H2,(H2,12,13,15,16). The van der Waals surface area contributed by atoms with Crippen LogP contribution in [0.15, 0.2) is 0 Å². The quantitative estimate of drug-likeness (QED) is 0.639. The number of imide groups is 1. The highest BCUT2D eigenvalue weighted by Crippen LogP contribution is 2.32. The van der Waals surface area contributed by atoms with E-state index in [0.29, 0.717) is 0 Å². The topological polar surface area (TPSA) is 95.6 Å². The largest absolute Gasteiger partial charge is 0.511 e. The van der Waals surface area contributed by atoms with E-state index >= 15 is 0 Å². The van der Waals surface area contributed by atoms with Gasteiger partial charge in [0, 0.05) is 13.1 Å². The number of alkyl halides is 3. The summed E-state index contributed by atoms with van der Waals surface area (Å²) in [5, 5.41) is 4.31. The van der Waals surface area contributed by atoms with Crippen LogP contribution in [0.25, 0.3) is 0 Å². The van der Waals surface area contributed by atoms with Crippen LogP contribution in [0.3, 0.4) is 0 Å². The van der Waals surface area contributed by atoms with Crippen molar-refractivity contribution in [2.24, 2.45) is 0 Å². The van der Waals surface area contributed by atoms with E-state index in [0.717, 1.165) is 0 Å². The molecule has 108 valence electrons. The second-order valence-electron chi connectivity index (χ2n) is 4.34. The maximum Gasteiger partial charge on any atom is 0.511 e. The third kappa shape index (κ3) is 2.16. The number of amides is 3. The fourth-order valence-corrected chi connectivity index (χ4v) is 3.09. The molecule has 2 heterocycles. The Labute approximate surface area is 106 Å². The molecule has 0 bridgehead atoms. The third-order valence-corrected chi connectivity index (χ3v) is 4.85. The summed E-state index contributed by atoms with van der Waals surface area (Å²) in [6, 6.07) is -0.725. The Kier molecular flexibility index (Phi) is 3.01. The number of sulfonamides is 1. The number of carbonyl (C=O) groups excluding carboxylic acids is 2. The molecule has 0 atom stereocenters. The van der Waals surface area contributed by atoms with Crippen molar-refractivity contribution in [3.8, 4) is 0 Å². The van der Waals surface area contributed by atoms with Crippen molar-refractivity contribution < 1.29 is 31.2 Å². The zero-order chi connectivity index (χ0) is 14.5. The van der Waals surface area contributed by atoms with E-state index in [1.165, 1.54) is 0 Å². The minimum atomic E-state index is -5.39. The van der Waals surface area contributed by atoms with Gasteiger partial charge < -0.3 is 5.32 Å². The summed E-state index contributed by atoms with van der Waals surface area (Å²) in [7, 11) is -5.39. The van der Waals surface area contributed by atoms with Crippen LogP contribution in [0.5, 0.6) is 0 Å². The molecular formula is C8H10F3N3O4S. The van der Waals surface area contributed by atoms with Crippen molar-refractivity contribution in [3.63, 3.8) is 0 Å². The van der Waals surface area contributed by atoms with Gasteiger partial charge in [-0.05, 0) is 12.8 Å². The van der Waals surface area contributed by atoms with E-state index in [4.69, 9.17) is 0 Å². The van der Waals surface area contributed by atoms with Gasteiger partial charge in [0.25, 0.3) is 5.91 Å². The second kappa shape index (κ2) is 4.07.